The van der Waals surface area contributed by atoms with E-state index in [1.807, 2.05) is 12.1 Å². The summed E-state index contributed by atoms with van der Waals surface area (Å²) in [4.78, 5) is 14.3. The van der Waals surface area contributed by atoms with Crippen molar-refractivity contribution in [1.82, 2.24) is 5.32 Å². The van der Waals surface area contributed by atoms with Crippen LogP contribution in [-0.4, -0.2) is 31.6 Å². The number of hydrogen-bond donors (Lipinski definition) is 2. The zero-order chi connectivity index (χ0) is 13.8. The van der Waals surface area contributed by atoms with Crippen LogP contribution in [0.5, 0.6) is 0 Å². The molecule has 20 heavy (non-hydrogen) atoms. The van der Waals surface area contributed by atoms with Crippen LogP contribution in [0.3, 0.4) is 0 Å². The van der Waals surface area contributed by atoms with E-state index in [-0.39, 0.29) is 5.91 Å². The molecule has 1 atom stereocenters. The second-order valence-electron chi connectivity index (χ2n) is 5.79. The lowest BCUT2D eigenvalue weighted by molar-refractivity contribution is -0.116. The van der Waals surface area contributed by atoms with Crippen LogP contribution in [0.2, 0.25) is 0 Å². The van der Waals surface area contributed by atoms with Gasteiger partial charge in [0, 0.05) is 36.9 Å². The Kier molecular flexibility index (Phi) is 4.21. The topological polar surface area (TPSA) is 44.4 Å². The molecule has 2 saturated heterocycles. The first-order valence-electron chi connectivity index (χ1n) is 7.69. The molecule has 4 heteroatoms. The summed E-state index contributed by atoms with van der Waals surface area (Å²) >= 11 is 0. The van der Waals surface area contributed by atoms with Crippen LogP contribution in [-0.2, 0) is 4.79 Å². The molecule has 0 bridgehead atoms. The van der Waals surface area contributed by atoms with Crippen LogP contribution in [0.25, 0.3) is 0 Å². The quantitative estimate of drug-likeness (QED) is 0.885. The predicted octanol–water partition coefficient (Wildman–Crippen LogP) is 2.37. The van der Waals surface area contributed by atoms with E-state index in [9.17, 15) is 4.79 Å². The van der Waals surface area contributed by atoms with Gasteiger partial charge in [0.2, 0.25) is 5.91 Å². The SMILES string of the molecule is O=C(CC1CCCN1)Nc1ccc(N2CCCC2)cc1. The van der Waals surface area contributed by atoms with Gasteiger partial charge in [0.05, 0.1) is 0 Å². The first kappa shape index (κ1) is 13.4. The molecule has 1 unspecified atom stereocenters. The fourth-order valence-corrected chi connectivity index (χ4v) is 3.10. The van der Waals surface area contributed by atoms with Crippen LogP contribution in [0.15, 0.2) is 24.3 Å². The zero-order valence-corrected chi connectivity index (χ0v) is 11.9. The molecule has 4 nitrogen and oxygen atoms in total. The third kappa shape index (κ3) is 3.31. The molecule has 1 amide bonds. The summed E-state index contributed by atoms with van der Waals surface area (Å²) in [6, 6.07) is 8.59. The first-order chi connectivity index (χ1) is 9.81. The van der Waals surface area contributed by atoms with Crippen molar-refractivity contribution in [2.24, 2.45) is 0 Å². The average Bonchev–Trinajstić information content (AvgIpc) is 3.12. The minimum atomic E-state index is 0.110. The molecule has 0 saturated carbocycles. The van der Waals surface area contributed by atoms with E-state index < -0.39 is 0 Å². The minimum Gasteiger partial charge on any atom is -0.372 e. The van der Waals surface area contributed by atoms with Gasteiger partial charge in [-0.05, 0) is 56.5 Å². The maximum Gasteiger partial charge on any atom is 0.225 e. The summed E-state index contributed by atoms with van der Waals surface area (Å²) in [5, 5.41) is 6.34. The van der Waals surface area contributed by atoms with E-state index in [2.05, 4.69) is 27.7 Å². The van der Waals surface area contributed by atoms with Crippen molar-refractivity contribution in [3.63, 3.8) is 0 Å². The smallest absolute Gasteiger partial charge is 0.225 e. The summed E-state index contributed by atoms with van der Waals surface area (Å²) in [6.45, 7) is 3.35. The van der Waals surface area contributed by atoms with Gasteiger partial charge >= 0.3 is 0 Å². The molecule has 108 valence electrons. The van der Waals surface area contributed by atoms with Crippen molar-refractivity contribution in [3.8, 4) is 0 Å². The highest BCUT2D eigenvalue weighted by Crippen LogP contribution is 2.22. The highest BCUT2D eigenvalue weighted by Gasteiger charge is 2.17. The van der Waals surface area contributed by atoms with Crippen molar-refractivity contribution in [3.05, 3.63) is 24.3 Å². The average molecular weight is 273 g/mol. The van der Waals surface area contributed by atoms with Crippen LogP contribution in [0.1, 0.15) is 32.1 Å². The van der Waals surface area contributed by atoms with Crippen LogP contribution in [0.4, 0.5) is 11.4 Å². The highest BCUT2D eigenvalue weighted by atomic mass is 16.1. The van der Waals surface area contributed by atoms with E-state index in [1.165, 1.54) is 24.9 Å². The highest BCUT2D eigenvalue weighted by molar-refractivity contribution is 5.91. The minimum absolute atomic E-state index is 0.110. The van der Waals surface area contributed by atoms with Crippen molar-refractivity contribution < 1.29 is 4.79 Å². The number of benzene rings is 1. The number of nitrogens with one attached hydrogen (secondary N) is 2. The Bertz CT molecular complexity index is 445. The Morgan fingerprint density at radius 1 is 1.20 bits per heavy atom. The van der Waals surface area contributed by atoms with Crippen LogP contribution in [0, 0.1) is 0 Å². The molecular weight excluding hydrogens is 250 g/mol. The Labute approximate surface area is 120 Å². The maximum absolute atomic E-state index is 11.9. The van der Waals surface area contributed by atoms with Crippen molar-refractivity contribution in [1.29, 1.82) is 0 Å². The van der Waals surface area contributed by atoms with Gasteiger partial charge in [0.25, 0.3) is 0 Å². The molecule has 3 rings (SSSR count). The Morgan fingerprint density at radius 2 is 1.95 bits per heavy atom. The van der Waals surface area contributed by atoms with Gasteiger partial charge in [-0.25, -0.2) is 0 Å². The molecule has 0 radical (unpaired) electrons. The lowest BCUT2D eigenvalue weighted by Crippen LogP contribution is -2.27. The largest absolute Gasteiger partial charge is 0.372 e. The Hall–Kier alpha value is -1.55. The number of anilines is 2. The van der Waals surface area contributed by atoms with Crippen molar-refractivity contribution in [2.45, 2.75) is 38.1 Å². The Morgan fingerprint density at radius 3 is 2.60 bits per heavy atom. The van der Waals surface area contributed by atoms with E-state index in [0.717, 1.165) is 31.7 Å². The van der Waals surface area contributed by atoms with Gasteiger partial charge in [-0.1, -0.05) is 0 Å². The molecule has 0 aromatic heterocycles. The van der Waals surface area contributed by atoms with Gasteiger partial charge in [0.1, 0.15) is 0 Å². The molecule has 2 aliphatic heterocycles. The fraction of sp³-hybridized carbons (Fsp3) is 0.562. The molecule has 0 spiro atoms. The van der Waals surface area contributed by atoms with E-state index in [4.69, 9.17) is 0 Å². The van der Waals surface area contributed by atoms with Gasteiger partial charge in [0.15, 0.2) is 0 Å². The third-order valence-corrected chi connectivity index (χ3v) is 4.22. The molecule has 1 aromatic rings. The van der Waals surface area contributed by atoms with Gasteiger partial charge < -0.3 is 15.5 Å². The van der Waals surface area contributed by atoms with E-state index in [0.29, 0.717) is 12.5 Å². The molecule has 0 aliphatic carbocycles. The summed E-state index contributed by atoms with van der Waals surface area (Å²) in [5.74, 6) is 0.110. The lowest BCUT2D eigenvalue weighted by atomic mass is 10.1. The van der Waals surface area contributed by atoms with Gasteiger partial charge in [-0.2, -0.15) is 0 Å². The number of amides is 1. The first-order valence-corrected chi connectivity index (χ1v) is 7.69. The van der Waals surface area contributed by atoms with E-state index >= 15 is 0 Å². The van der Waals surface area contributed by atoms with Crippen LogP contribution < -0.4 is 15.5 Å². The summed E-state index contributed by atoms with van der Waals surface area (Å²) < 4.78 is 0. The van der Waals surface area contributed by atoms with Gasteiger partial charge in [-0.3, -0.25) is 4.79 Å². The second kappa shape index (κ2) is 6.27. The monoisotopic (exact) mass is 273 g/mol. The molecule has 2 heterocycles. The third-order valence-electron chi connectivity index (χ3n) is 4.22. The Balaban J connectivity index is 1.53. The number of carbonyl (C=O) groups excluding carboxylic acids is 1. The van der Waals surface area contributed by atoms with Crippen LogP contribution >= 0.6 is 0 Å². The zero-order valence-electron chi connectivity index (χ0n) is 11.9. The summed E-state index contributed by atoms with van der Waals surface area (Å²) in [6.07, 6.45) is 5.44. The normalized spacial score (nSPS) is 22.2. The molecular formula is C16H23N3O. The van der Waals surface area contributed by atoms with Gasteiger partial charge in [-0.15, -0.1) is 0 Å². The lowest BCUT2D eigenvalue weighted by Gasteiger charge is -2.18. The number of rotatable bonds is 4. The predicted molar refractivity (Wildman–Crippen MR) is 82.2 cm³/mol. The maximum atomic E-state index is 11.9. The summed E-state index contributed by atoms with van der Waals surface area (Å²) in [7, 11) is 0. The number of hydrogen-bond acceptors (Lipinski definition) is 3. The molecule has 2 aliphatic rings. The summed E-state index contributed by atoms with van der Waals surface area (Å²) in [5.41, 5.74) is 2.16. The molecule has 2 N–H and O–H groups in total. The van der Waals surface area contributed by atoms with E-state index in [1.54, 1.807) is 0 Å². The molecule has 2 fully saturated rings. The number of nitrogens with zero attached hydrogens (tertiary/aromatic N) is 1. The fourth-order valence-electron chi connectivity index (χ4n) is 3.10. The number of carbonyl (C=O) groups is 1. The molecule has 1 aromatic carbocycles. The van der Waals surface area contributed by atoms with Crippen molar-refractivity contribution in [2.75, 3.05) is 29.9 Å². The van der Waals surface area contributed by atoms with Crippen molar-refractivity contribution >= 4 is 17.3 Å². The second-order valence-corrected chi connectivity index (χ2v) is 5.79. The standard InChI is InChI=1S/C16H23N3O/c20-16(12-14-4-3-9-17-14)18-13-5-7-15(8-6-13)19-10-1-2-11-19/h5-8,14,17H,1-4,9-12H2,(H,18,20).